The molecule has 0 fully saturated rings. The van der Waals surface area contributed by atoms with Gasteiger partial charge in [0.25, 0.3) is 0 Å². The van der Waals surface area contributed by atoms with E-state index in [9.17, 15) is 5.11 Å². The molecule has 0 aliphatic carbocycles. The van der Waals surface area contributed by atoms with E-state index in [1.807, 2.05) is 20.8 Å². The maximum Gasteiger partial charge on any atom is 0.0774 e. The number of unbranched alkanes of at least 4 members (excludes halogenated alkanes) is 6. The molecule has 0 aromatic rings. The molecule has 1 N–H and O–H groups in total. The molecule has 0 bridgehead atoms. The Morgan fingerprint density at radius 3 is 2.00 bits per heavy atom. The molecule has 1 atom stereocenters. The van der Waals surface area contributed by atoms with Gasteiger partial charge in [-0.2, -0.15) is 0 Å². The maximum atomic E-state index is 9.73. The Labute approximate surface area is 108 Å². The van der Waals surface area contributed by atoms with E-state index < -0.39 is 0 Å². The number of rotatable bonds is 10. The van der Waals surface area contributed by atoms with Crippen LogP contribution in [0.3, 0.4) is 0 Å². The Kier molecular flexibility index (Phi) is 9.85. The predicted molar refractivity (Wildman–Crippen MR) is 74.3 cm³/mol. The quantitative estimate of drug-likeness (QED) is 0.580. The average molecular weight is 244 g/mol. The van der Waals surface area contributed by atoms with E-state index in [1.54, 1.807) is 0 Å². The van der Waals surface area contributed by atoms with Gasteiger partial charge >= 0.3 is 0 Å². The highest BCUT2D eigenvalue weighted by molar-refractivity contribution is 4.62. The normalized spacial score (nSPS) is 13.9. The molecule has 2 nitrogen and oxygen atoms in total. The monoisotopic (exact) mass is 244 g/mol. The Balaban J connectivity index is 3.25. The van der Waals surface area contributed by atoms with Crippen LogP contribution in [-0.4, -0.2) is 23.4 Å². The van der Waals surface area contributed by atoms with Gasteiger partial charge in [-0.3, -0.25) is 0 Å². The first-order valence-electron chi connectivity index (χ1n) is 7.27. The molecule has 17 heavy (non-hydrogen) atoms. The fourth-order valence-corrected chi connectivity index (χ4v) is 1.77. The van der Waals surface area contributed by atoms with Crippen LogP contribution in [0, 0.1) is 0 Å². The molecular weight excluding hydrogens is 212 g/mol. The summed E-state index contributed by atoms with van der Waals surface area (Å²) in [5, 5.41) is 9.73. The smallest absolute Gasteiger partial charge is 0.0774 e. The third kappa shape index (κ3) is 13.9. The lowest BCUT2D eigenvalue weighted by Gasteiger charge is -2.21. The van der Waals surface area contributed by atoms with Crippen molar-refractivity contribution in [1.29, 1.82) is 0 Å². The van der Waals surface area contributed by atoms with Crippen molar-refractivity contribution < 1.29 is 9.84 Å². The number of aliphatic hydroxyl groups is 1. The van der Waals surface area contributed by atoms with Crippen molar-refractivity contribution in [2.75, 3.05) is 6.61 Å². The summed E-state index contributed by atoms with van der Waals surface area (Å²) in [5.74, 6) is 0. The van der Waals surface area contributed by atoms with Crippen molar-refractivity contribution in [1.82, 2.24) is 0 Å². The number of aliphatic hydroxyl groups excluding tert-OH is 1. The number of ether oxygens (including phenoxy) is 1. The summed E-state index contributed by atoms with van der Waals surface area (Å²) in [4.78, 5) is 0. The molecule has 0 saturated heterocycles. The minimum atomic E-state index is -0.287. The van der Waals surface area contributed by atoms with E-state index >= 15 is 0 Å². The van der Waals surface area contributed by atoms with Gasteiger partial charge in [0, 0.05) is 0 Å². The third-order valence-electron chi connectivity index (χ3n) is 2.85. The van der Waals surface area contributed by atoms with Gasteiger partial charge in [0.05, 0.1) is 18.3 Å². The molecule has 0 rings (SSSR count). The van der Waals surface area contributed by atoms with Crippen molar-refractivity contribution in [3.63, 3.8) is 0 Å². The molecular formula is C15H32O2. The van der Waals surface area contributed by atoms with Gasteiger partial charge < -0.3 is 9.84 Å². The molecule has 0 aliphatic rings. The van der Waals surface area contributed by atoms with Crippen LogP contribution >= 0.6 is 0 Å². The zero-order valence-corrected chi connectivity index (χ0v) is 12.3. The lowest BCUT2D eigenvalue weighted by atomic mass is 10.1. The van der Waals surface area contributed by atoms with Crippen LogP contribution in [0.15, 0.2) is 0 Å². The van der Waals surface area contributed by atoms with Gasteiger partial charge in [0.15, 0.2) is 0 Å². The summed E-state index contributed by atoms with van der Waals surface area (Å²) >= 11 is 0. The van der Waals surface area contributed by atoms with E-state index in [4.69, 9.17) is 4.74 Å². The summed E-state index contributed by atoms with van der Waals surface area (Å²) in [7, 11) is 0. The second kappa shape index (κ2) is 9.90. The predicted octanol–water partition coefficient (Wildman–Crippen LogP) is 4.30. The van der Waals surface area contributed by atoms with Crippen LogP contribution in [0.4, 0.5) is 0 Å². The van der Waals surface area contributed by atoms with Crippen molar-refractivity contribution in [2.24, 2.45) is 0 Å². The average Bonchev–Trinajstić information content (AvgIpc) is 2.24. The molecule has 0 aliphatic heterocycles. The highest BCUT2D eigenvalue weighted by atomic mass is 16.5. The number of hydrogen-bond donors (Lipinski definition) is 1. The molecule has 0 saturated carbocycles. The molecule has 104 valence electrons. The van der Waals surface area contributed by atoms with Gasteiger partial charge in [0.2, 0.25) is 0 Å². The van der Waals surface area contributed by atoms with Gasteiger partial charge in [0.1, 0.15) is 0 Å². The number of hydrogen-bond acceptors (Lipinski definition) is 2. The van der Waals surface area contributed by atoms with Crippen molar-refractivity contribution in [2.45, 2.75) is 90.8 Å². The van der Waals surface area contributed by atoms with E-state index in [0.717, 1.165) is 12.8 Å². The third-order valence-corrected chi connectivity index (χ3v) is 2.85. The molecule has 0 aromatic carbocycles. The van der Waals surface area contributed by atoms with Crippen molar-refractivity contribution in [3.8, 4) is 0 Å². The Morgan fingerprint density at radius 2 is 1.47 bits per heavy atom. The minimum absolute atomic E-state index is 0.138. The van der Waals surface area contributed by atoms with Crippen molar-refractivity contribution >= 4 is 0 Å². The summed E-state index contributed by atoms with van der Waals surface area (Å²) in [5.41, 5.74) is -0.138. The van der Waals surface area contributed by atoms with E-state index in [0.29, 0.717) is 6.61 Å². The highest BCUT2D eigenvalue weighted by Gasteiger charge is 2.13. The molecule has 0 heterocycles. The fraction of sp³-hybridized carbons (Fsp3) is 1.00. The summed E-state index contributed by atoms with van der Waals surface area (Å²) in [6.07, 6.45) is 9.66. The first-order chi connectivity index (χ1) is 7.95. The van der Waals surface area contributed by atoms with Gasteiger partial charge in [-0.05, 0) is 27.2 Å². The largest absolute Gasteiger partial charge is 0.391 e. The molecule has 0 aromatic heterocycles. The topological polar surface area (TPSA) is 29.5 Å². The second-order valence-electron chi connectivity index (χ2n) is 5.99. The lowest BCUT2D eigenvalue weighted by molar-refractivity contribution is -0.0509. The van der Waals surface area contributed by atoms with Crippen LogP contribution in [0.25, 0.3) is 0 Å². The fourth-order valence-electron chi connectivity index (χ4n) is 1.77. The first kappa shape index (κ1) is 16.9. The van der Waals surface area contributed by atoms with Gasteiger partial charge in [-0.15, -0.1) is 0 Å². The standard InChI is InChI=1S/C15H32O2/c1-5-6-7-8-9-10-11-12-14(16)13-17-15(2,3)4/h14,16H,5-13H2,1-4H3. The van der Waals surface area contributed by atoms with Crippen LogP contribution in [0.2, 0.25) is 0 Å². The summed E-state index contributed by atoms with van der Waals surface area (Å²) in [6.45, 7) is 8.78. The van der Waals surface area contributed by atoms with E-state index in [1.165, 1.54) is 38.5 Å². The SMILES string of the molecule is CCCCCCCCCC(O)COC(C)(C)C. The van der Waals surface area contributed by atoms with Crippen molar-refractivity contribution in [3.05, 3.63) is 0 Å². The molecule has 0 spiro atoms. The summed E-state index contributed by atoms with van der Waals surface area (Å²) in [6, 6.07) is 0. The van der Waals surface area contributed by atoms with Crippen LogP contribution in [0.5, 0.6) is 0 Å². The lowest BCUT2D eigenvalue weighted by Crippen LogP contribution is -2.26. The van der Waals surface area contributed by atoms with Gasteiger partial charge in [-0.25, -0.2) is 0 Å². The minimum Gasteiger partial charge on any atom is -0.391 e. The zero-order chi connectivity index (χ0) is 13.1. The van der Waals surface area contributed by atoms with Crippen LogP contribution in [-0.2, 0) is 4.74 Å². The molecule has 1 unspecified atom stereocenters. The highest BCUT2D eigenvalue weighted by Crippen LogP contribution is 2.12. The Hall–Kier alpha value is -0.0800. The van der Waals surface area contributed by atoms with Crippen LogP contribution < -0.4 is 0 Å². The van der Waals surface area contributed by atoms with E-state index in [2.05, 4.69) is 6.92 Å². The Bertz CT molecular complexity index is 161. The second-order valence-corrected chi connectivity index (χ2v) is 5.99. The molecule has 0 radical (unpaired) electrons. The molecule has 0 amide bonds. The maximum absolute atomic E-state index is 9.73. The van der Waals surface area contributed by atoms with E-state index in [-0.39, 0.29) is 11.7 Å². The zero-order valence-electron chi connectivity index (χ0n) is 12.3. The van der Waals surface area contributed by atoms with Gasteiger partial charge in [-0.1, -0.05) is 51.9 Å². The first-order valence-corrected chi connectivity index (χ1v) is 7.27. The Morgan fingerprint density at radius 1 is 0.941 bits per heavy atom. The van der Waals surface area contributed by atoms with Crippen LogP contribution in [0.1, 0.15) is 79.1 Å². The molecule has 2 heteroatoms. The summed E-state index contributed by atoms with van der Waals surface area (Å²) < 4.78 is 5.55.